The molecule has 37 heavy (non-hydrogen) atoms. The number of aromatic nitrogens is 2. The first-order valence-corrected chi connectivity index (χ1v) is 12.7. The summed E-state index contributed by atoms with van der Waals surface area (Å²) >= 11 is 0. The van der Waals surface area contributed by atoms with Crippen LogP contribution in [0.3, 0.4) is 0 Å². The molecule has 1 heterocycles. The molecule has 3 rings (SSSR count). The van der Waals surface area contributed by atoms with Gasteiger partial charge in [-0.05, 0) is 55.7 Å². The minimum atomic E-state index is -0.337. The van der Waals surface area contributed by atoms with Gasteiger partial charge in [-0.25, -0.2) is 9.48 Å². The fourth-order valence-electron chi connectivity index (χ4n) is 3.84. The lowest BCUT2D eigenvalue weighted by Crippen LogP contribution is -2.42. The van der Waals surface area contributed by atoms with Crippen molar-refractivity contribution in [2.75, 3.05) is 30.3 Å². The highest BCUT2D eigenvalue weighted by Gasteiger charge is 2.24. The van der Waals surface area contributed by atoms with Crippen molar-refractivity contribution >= 4 is 23.4 Å². The summed E-state index contributed by atoms with van der Waals surface area (Å²) in [6, 6.07) is 16.6. The van der Waals surface area contributed by atoms with Gasteiger partial charge in [-0.15, -0.1) is 0 Å². The van der Waals surface area contributed by atoms with Crippen LogP contribution in [0.5, 0.6) is 5.75 Å². The maximum absolute atomic E-state index is 13.2. The number of para-hydroxylation sites is 1. The van der Waals surface area contributed by atoms with Gasteiger partial charge in [-0.3, -0.25) is 4.79 Å². The summed E-state index contributed by atoms with van der Waals surface area (Å²) in [6.45, 7) is 15.1. The molecule has 3 aromatic rings. The van der Waals surface area contributed by atoms with Crippen molar-refractivity contribution in [2.24, 2.45) is 5.92 Å². The van der Waals surface area contributed by atoms with E-state index in [2.05, 4.69) is 31.4 Å². The lowest BCUT2D eigenvalue weighted by atomic mass is 9.92. The Morgan fingerprint density at radius 1 is 1.05 bits per heavy atom. The SMILES string of the molecule is CCOc1ccc(NC(=O)N(CC(=O)Nc2cc(C(C)(C)C)nn2-c2ccccc2C)CC(C)C)cc1. The largest absolute Gasteiger partial charge is 0.494 e. The third-order valence-electron chi connectivity index (χ3n) is 5.71. The van der Waals surface area contributed by atoms with E-state index in [4.69, 9.17) is 9.84 Å². The van der Waals surface area contributed by atoms with Gasteiger partial charge in [0.15, 0.2) is 0 Å². The highest BCUT2D eigenvalue weighted by molar-refractivity contribution is 5.96. The minimum Gasteiger partial charge on any atom is -0.494 e. The van der Waals surface area contributed by atoms with Crippen LogP contribution in [0.1, 0.15) is 52.8 Å². The number of anilines is 2. The van der Waals surface area contributed by atoms with Crippen LogP contribution in [-0.2, 0) is 10.2 Å². The molecule has 2 N–H and O–H groups in total. The van der Waals surface area contributed by atoms with Crippen molar-refractivity contribution < 1.29 is 14.3 Å². The fraction of sp³-hybridized carbons (Fsp3) is 0.414. The smallest absolute Gasteiger partial charge is 0.322 e. The predicted octanol–water partition coefficient (Wildman–Crippen LogP) is 6.01. The van der Waals surface area contributed by atoms with Crippen molar-refractivity contribution in [3.8, 4) is 11.4 Å². The monoisotopic (exact) mass is 505 g/mol. The summed E-state index contributed by atoms with van der Waals surface area (Å²) < 4.78 is 7.23. The number of urea groups is 1. The number of carbonyl (C=O) groups is 2. The molecule has 2 aromatic carbocycles. The highest BCUT2D eigenvalue weighted by atomic mass is 16.5. The van der Waals surface area contributed by atoms with Crippen LogP contribution in [0.2, 0.25) is 0 Å². The van der Waals surface area contributed by atoms with Crippen LogP contribution in [0.25, 0.3) is 5.69 Å². The van der Waals surface area contributed by atoms with E-state index in [1.54, 1.807) is 28.9 Å². The number of hydrogen-bond donors (Lipinski definition) is 2. The Kier molecular flexibility index (Phi) is 8.97. The number of hydrogen-bond acceptors (Lipinski definition) is 4. The van der Waals surface area contributed by atoms with E-state index in [-0.39, 0.29) is 29.8 Å². The molecule has 0 aliphatic carbocycles. The van der Waals surface area contributed by atoms with E-state index in [1.165, 1.54) is 4.90 Å². The number of rotatable bonds is 9. The molecule has 198 valence electrons. The van der Waals surface area contributed by atoms with E-state index in [1.807, 2.05) is 58.0 Å². The average Bonchev–Trinajstić information content (AvgIpc) is 3.24. The molecule has 0 atom stereocenters. The van der Waals surface area contributed by atoms with Gasteiger partial charge < -0.3 is 20.3 Å². The summed E-state index contributed by atoms with van der Waals surface area (Å²) in [7, 11) is 0. The summed E-state index contributed by atoms with van der Waals surface area (Å²) in [5.74, 6) is 1.20. The first-order valence-electron chi connectivity index (χ1n) is 12.7. The maximum atomic E-state index is 13.2. The number of amides is 3. The summed E-state index contributed by atoms with van der Waals surface area (Å²) in [6.07, 6.45) is 0. The van der Waals surface area contributed by atoms with Crippen molar-refractivity contribution in [3.63, 3.8) is 0 Å². The molecule has 0 unspecified atom stereocenters. The number of benzene rings is 2. The third-order valence-corrected chi connectivity index (χ3v) is 5.71. The van der Waals surface area contributed by atoms with Crippen molar-refractivity contribution in [1.29, 1.82) is 0 Å². The first kappa shape index (κ1) is 27.8. The van der Waals surface area contributed by atoms with E-state index in [0.29, 0.717) is 24.7 Å². The Morgan fingerprint density at radius 3 is 2.32 bits per heavy atom. The molecule has 3 amide bonds. The van der Waals surface area contributed by atoms with Crippen LogP contribution in [0.4, 0.5) is 16.3 Å². The molecule has 0 bridgehead atoms. The standard InChI is InChI=1S/C29H39N5O3/c1-8-37-23-15-13-22(14-16-23)30-28(36)33(18-20(2)3)19-27(35)31-26-17-25(29(5,6)7)32-34(26)24-12-10-9-11-21(24)4/h9-17,20H,8,18-19H2,1-7H3,(H,30,36)(H,31,35). The number of nitrogens with one attached hydrogen (secondary N) is 2. The van der Waals surface area contributed by atoms with Crippen molar-refractivity contribution in [3.05, 3.63) is 65.9 Å². The van der Waals surface area contributed by atoms with E-state index < -0.39 is 0 Å². The lowest BCUT2D eigenvalue weighted by Gasteiger charge is -2.24. The van der Waals surface area contributed by atoms with Gasteiger partial charge in [-0.1, -0.05) is 52.8 Å². The number of aryl methyl sites for hydroxylation is 1. The molecule has 0 spiro atoms. The van der Waals surface area contributed by atoms with Gasteiger partial charge in [0, 0.05) is 23.7 Å². The first-order chi connectivity index (χ1) is 17.5. The van der Waals surface area contributed by atoms with Gasteiger partial charge in [0.05, 0.1) is 18.0 Å². The maximum Gasteiger partial charge on any atom is 0.322 e. The van der Waals surface area contributed by atoms with Crippen molar-refractivity contribution in [1.82, 2.24) is 14.7 Å². The zero-order chi connectivity index (χ0) is 27.2. The summed E-state index contributed by atoms with van der Waals surface area (Å²) in [4.78, 5) is 27.8. The second-order valence-corrected chi connectivity index (χ2v) is 10.6. The Hall–Kier alpha value is -3.81. The van der Waals surface area contributed by atoms with Gasteiger partial charge in [0.1, 0.15) is 18.1 Å². The lowest BCUT2D eigenvalue weighted by molar-refractivity contribution is -0.116. The van der Waals surface area contributed by atoms with Gasteiger partial charge >= 0.3 is 6.03 Å². The molecular weight excluding hydrogens is 466 g/mol. The Balaban J connectivity index is 1.79. The van der Waals surface area contributed by atoms with Crippen LogP contribution in [0.15, 0.2) is 54.6 Å². The molecule has 0 aliphatic rings. The molecule has 8 nitrogen and oxygen atoms in total. The number of nitrogens with zero attached hydrogens (tertiary/aromatic N) is 3. The quantitative estimate of drug-likeness (QED) is 0.373. The second kappa shape index (κ2) is 12.0. The molecule has 0 saturated heterocycles. The van der Waals surface area contributed by atoms with Crippen LogP contribution in [0, 0.1) is 12.8 Å². The van der Waals surface area contributed by atoms with Crippen molar-refractivity contribution in [2.45, 2.75) is 53.9 Å². The molecule has 1 aromatic heterocycles. The fourth-order valence-corrected chi connectivity index (χ4v) is 3.84. The molecule has 0 saturated carbocycles. The van der Waals surface area contributed by atoms with Gasteiger partial charge in [0.2, 0.25) is 5.91 Å². The normalized spacial score (nSPS) is 11.4. The third kappa shape index (κ3) is 7.59. The zero-order valence-electron chi connectivity index (χ0n) is 23.0. The second-order valence-electron chi connectivity index (χ2n) is 10.6. The van der Waals surface area contributed by atoms with E-state index >= 15 is 0 Å². The highest BCUT2D eigenvalue weighted by Crippen LogP contribution is 2.27. The molecule has 0 radical (unpaired) electrons. The Labute approximate surface area is 220 Å². The van der Waals surface area contributed by atoms with E-state index in [9.17, 15) is 9.59 Å². The minimum absolute atomic E-state index is 0.0924. The molecule has 0 aliphatic heterocycles. The number of ether oxygens (including phenoxy) is 1. The average molecular weight is 506 g/mol. The zero-order valence-corrected chi connectivity index (χ0v) is 23.0. The Morgan fingerprint density at radius 2 is 1.73 bits per heavy atom. The van der Waals surface area contributed by atoms with Crippen LogP contribution >= 0.6 is 0 Å². The summed E-state index contributed by atoms with van der Waals surface area (Å²) in [5, 5.41) is 10.7. The predicted molar refractivity (Wildman–Crippen MR) is 149 cm³/mol. The molecule has 0 fully saturated rings. The van der Waals surface area contributed by atoms with Gasteiger partial charge in [0.25, 0.3) is 0 Å². The summed E-state index contributed by atoms with van der Waals surface area (Å²) in [5.41, 5.74) is 3.22. The topological polar surface area (TPSA) is 88.5 Å². The molecular formula is C29H39N5O3. The van der Waals surface area contributed by atoms with E-state index in [0.717, 1.165) is 22.7 Å². The molecule has 8 heteroatoms. The number of carbonyl (C=O) groups excluding carboxylic acids is 2. The van der Waals surface area contributed by atoms with Gasteiger partial charge in [-0.2, -0.15) is 5.10 Å². The Bertz CT molecular complexity index is 1210. The van der Waals surface area contributed by atoms with Crippen LogP contribution < -0.4 is 15.4 Å². The van der Waals surface area contributed by atoms with Crippen LogP contribution in [-0.4, -0.2) is 46.3 Å².